The Morgan fingerprint density at radius 3 is 2.67 bits per heavy atom. The molecule has 3 aromatic rings. The first-order chi connectivity index (χ1) is 16.0. The average Bonchev–Trinajstić information content (AvgIpc) is 2.82. The van der Waals surface area contributed by atoms with Gasteiger partial charge in [0, 0.05) is 53.3 Å². The molecule has 33 heavy (non-hydrogen) atoms. The third-order valence-electron chi connectivity index (χ3n) is 5.74. The second kappa shape index (κ2) is 8.59. The fourth-order valence-corrected chi connectivity index (χ4v) is 4.12. The second-order valence-electron chi connectivity index (χ2n) is 7.77. The zero-order chi connectivity index (χ0) is 22.9. The number of aromatic nitrogens is 2. The SMILES string of the molecule is N=C(N)OC=C1c2cc(-c3cccnc3F)ccc2Oc2c1cc(C1CCOCC1)nc2F. The number of halogens is 2. The maximum Gasteiger partial charge on any atom is 0.284 e. The molecule has 4 heterocycles. The summed E-state index contributed by atoms with van der Waals surface area (Å²) in [5.41, 5.74) is 8.24. The molecule has 1 fully saturated rings. The van der Waals surface area contributed by atoms with Crippen LogP contribution in [-0.4, -0.2) is 29.2 Å². The van der Waals surface area contributed by atoms with Gasteiger partial charge in [0.2, 0.25) is 5.95 Å². The van der Waals surface area contributed by atoms with Crippen LogP contribution >= 0.6 is 0 Å². The topological polar surface area (TPSA) is 103 Å². The van der Waals surface area contributed by atoms with Crippen molar-refractivity contribution in [1.82, 2.24) is 9.97 Å². The number of hydrogen-bond acceptors (Lipinski definition) is 6. The zero-order valence-corrected chi connectivity index (χ0v) is 17.5. The molecule has 0 aliphatic carbocycles. The number of ether oxygens (including phenoxy) is 3. The van der Waals surface area contributed by atoms with E-state index in [1.165, 1.54) is 12.5 Å². The van der Waals surface area contributed by atoms with E-state index in [2.05, 4.69) is 9.97 Å². The maximum atomic E-state index is 15.1. The van der Waals surface area contributed by atoms with E-state index < -0.39 is 17.9 Å². The number of amidine groups is 1. The monoisotopic (exact) mass is 450 g/mol. The standard InChI is InChI=1S/C24H20F2N4O3/c25-22-15(2-1-7-29-22)14-3-4-20-16(10-14)18(12-32-24(27)28)17-11-19(13-5-8-31-9-6-13)30-23(26)21(17)33-20/h1-4,7,10-13H,5-6,8-9H2,(H3,27,28). The molecule has 3 N–H and O–H groups in total. The van der Waals surface area contributed by atoms with E-state index in [1.54, 1.807) is 36.4 Å². The van der Waals surface area contributed by atoms with Crippen LogP contribution in [0.25, 0.3) is 16.7 Å². The number of pyridine rings is 2. The second-order valence-corrected chi connectivity index (χ2v) is 7.77. The Hall–Kier alpha value is -3.85. The molecule has 0 spiro atoms. The van der Waals surface area contributed by atoms with Gasteiger partial charge in [0.05, 0.1) is 0 Å². The fraction of sp³-hybridized carbons (Fsp3) is 0.208. The molecule has 0 radical (unpaired) electrons. The van der Waals surface area contributed by atoms with Crippen LogP contribution in [0.3, 0.4) is 0 Å². The third-order valence-corrected chi connectivity index (χ3v) is 5.74. The van der Waals surface area contributed by atoms with Gasteiger partial charge in [-0.25, -0.2) is 9.97 Å². The Morgan fingerprint density at radius 1 is 1.09 bits per heavy atom. The smallest absolute Gasteiger partial charge is 0.284 e. The lowest BCUT2D eigenvalue weighted by Crippen LogP contribution is -2.17. The molecule has 0 amide bonds. The summed E-state index contributed by atoms with van der Waals surface area (Å²) >= 11 is 0. The molecule has 1 saturated heterocycles. The summed E-state index contributed by atoms with van der Waals surface area (Å²) in [6.07, 6.45) is 4.11. The van der Waals surface area contributed by atoms with Gasteiger partial charge in [-0.15, -0.1) is 0 Å². The number of nitrogens with one attached hydrogen (secondary N) is 1. The van der Waals surface area contributed by atoms with Gasteiger partial charge < -0.3 is 19.9 Å². The van der Waals surface area contributed by atoms with Crippen molar-refractivity contribution in [2.45, 2.75) is 18.8 Å². The summed E-state index contributed by atoms with van der Waals surface area (Å²) in [4.78, 5) is 7.86. The van der Waals surface area contributed by atoms with Crippen molar-refractivity contribution >= 4 is 11.6 Å². The molecule has 0 atom stereocenters. The van der Waals surface area contributed by atoms with Gasteiger partial charge >= 0.3 is 0 Å². The summed E-state index contributed by atoms with van der Waals surface area (Å²) < 4.78 is 45.9. The van der Waals surface area contributed by atoms with Crippen molar-refractivity contribution in [3.63, 3.8) is 0 Å². The highest BCUT2D eigenvalue weighted by Crippen LogP contribution is 2.47. The number of nitrogens with zero attached hydrogens (tertiary/aromatic N) is 2. The number of fused-ring (bicyclic) bond motifs is 2. The van der Waals surface area contributed by atoms with E-state index >= 15 is 4.39 Å². The van der Waals surface area contributed by atoms with Crippen LogP contribution in [0.2, 0.25) is 0 Å². The van der Waals surface area contributed by atoms with Crippen LogP contribution in [0.15, 0.2) is 48.9 Å². The molecule has 5 rings (SSSR count). The van der Waals surface area contributed by atoms with Crippen molar-refractivity contribution in [2.24, 2.45) is 5.73 Å². The first kappa shape index (κ1) is 21.0. The van der Waals surface area contributed by atoms with Crippen LogP contribution in [-0.2, 0) is 9.47 Å². The molecule has 1 aromatic carbocycles. The van der Waals surface area contributed by atoms with Gasteiger partial charge in [-0.3, -0.25) is 5.41 Å². The number of nitrogens with two attached hydrogens (primary N) is 1. The largest absolute Gasteiger partial charge is 0.451 e. The van der Waals surface area contributed by atoms with Crippen LogP contribution in [0.4, 0.5) is 8.78 Å². The van der Waals surface area contributed by atoms with E-state index in [0.29, 0.717) is 52.5 Å². The molecule has 9 heteroatoms. The third kappa shape index (κ3) is 4.03. The van der Waals surface area contributed by atoms with E-state index in [0.717, 1.165) is 12.8 Å². The first-order valence-electron chi connectivity index (χ1n) is 10.4. The average molecular weight is 450 g/mol. The molecule has 0 unspecified atom stereocenters. The normalized spacial score (nSPS) is 16.6. The zero-order valence-electron chi connectivity index (χ0n) is 17.5. The quantitative estimate of drug-likeness (QED) is 0.203. The Kier molecular flexibility index (Phi) is 5.47. The van der Waals surface area contributed by atoms with Gasteiger partial charge in [0.15, 0.2) is 5.75 Å². The lowest BCUT2D eigenvalue weighted by atomic mass is 9.89. The van der Waals surface area contributed by atoms with E-state index in [4.69, 9.17) is 25.4 Å². The molecule has 2 aliphatic rings. The van der Waals surface area contributed by atoms with Gasteiger partial charge in [-0.05, 0) is 48.7 Å². The van der Waals surface area contributed by atoms with Crippen molar-refractivity contribution in [2.75, 3.05) is 13.2 Å². The minimum Gasteiger partial charge on any atom is -0.451 e. The lowest BCUT2D eigenvalue weighted by Gasteiger charge is -2.26. The van der Waals surface area contributed by atoms with Crippen molar-refractivity contribution in [1.29, 1.82) is 5.41 Å². The Morgan fingerprint density at radius 2 is 1.91 bits per heavy atom. The summed E-state index contributed by atoms with van der Waals surface area (Å²) in [7, 11) is 0. The van der Waals surface area contributed by atoms with E-state index in [-0.39, 0.29) is 11.7 Å². The van der Waals surface area contributed by atoms with Crippen LogP contribution in [0.1, 0.15) is 35.6 Å². The summed E-state index contributed by atoms with van der Waals surface area (Å²) in [5.74, 6) is -1.01. The maximum absolute atomic E-state index is 15.1. The minimum atomic E-state index is -0.740. The highest BCUT2D eigenvalue weighted by Gasteiger charge is 2.30. The van der Waals surface area contributed by atoms with Gasteiger partial charge in [0.1, 0.15) is 12.0 Å². The Balaban J connectivity index is 1.65. The summed E-state index contributed by atoms with van der Waals surface area (Å²) in [6.45, 7) is 1.17. The molecule has 2 aromatic heterocycles. The number of benzene rings is 1. The van der Waals surface area contributed by atoms with Crippen LogP contribution in [0.5, 0.6) is 11.5 Å². The summed E-state index contributed by atoms with van der Waals surface area (Å²) in [5, 5.41) is 7.45. The van der Waals surface area contributed by atoms with Crippen molar-refractivity contribution < 1.29 is 23.0 Å². The molecule has 168 valence electrons. The predicted molar refractivity (Wildman–Crippen MR) is 117 cm³/mol. The summed E-state index contributed by atoms with van der Waals surface area (Å²) in [6, 6.07) is 9.49. The molecule has 2 aliphatic heterocycles. The lowest BCUT2D eigenvalue weighted by molar-refractivity contribution is 0.0843. The molecule has 0 saturated carbocycles. The van der Waals surface area contributed by atoms with E-state index in [1.807, 2.05) is 0 Å². The minimum absolute atomic E-state index is 0.0444. The Bertz CT molecular complexity index is 1270. The van der Waals surface area contributed by atoms with E-state index in [9.17, 15) is 4.39 Å². The van der Waals surface area contributed by atoms with Crippen LogP contribution < -0.4 is 10.5 Å². The predicted octanol–water partition coefficient (Wildman–Crippen LogP) is 4.72. The molecular weight excluding hydrogens is 430 g/mol. The molecular formula is C24H20F2N4O3. The molecule has 7 nitrogen and oxygen atoms in total. The highest BCUT2D eigenvalue weighted by atomic mass is 19.1. The fourth-order valence-electron chi connectivity index (χ4n) is 4.12. The van der Waals surface area contributed by atoms with Gasteiger partial charge in [-0.2, -0.15) is 8.78 Å². The van der Waals surface area contributed by atoms with Gasteiger partial charge in [0.25, 0.3) is 12.0 Å². The van der Waals surface area contributed by atoms with Gasteiger partial charge in [-0.1, -0.05) is 6.07 Å². The number of hydrogen-bond donors (Lipinski definition) is 2. The van der Waals surface area contributed by atoms with Crippen LogP contribution in [0, 0.1) is 17.3 Å². The van der Waals surface area contributed by atoms with Crippen molar-refractivity contribution in [3.05, 3.63) is 77.6 Å². The molecule has 0 bridgehead atoms. The first-order valence-corrected chi connectivity index (χ1v) is 10.4. The highest BCUT2D eigenvalue weighted by molar-refractivity contribution is 5.90. The number of rotatable bonds is 3. The Labute approximate surface area is 188 Å². The van der Waals surface area contributed by atoms with Crippen molar-refractivity contribution in [3.8, 4) is 22.6 Å².